The smallest absolute Gasteiger partial charge is 0.271 e. The van der Waals surface area contributed by atoms with Gasteiger partial charge in [0.1, 0.15) is 5.75 Å². The van der Waals surface area contributed by atoms with E-state index < -0.39 is 0 Å². The predicted molar refractivity (Wildman–Crippen MR) is 111 cm³/mol. The number of fused-ring (bicyclic) bond motifs is 1. The van der Waals surface area contributed by atoms with Crippen LogP contribution < -0.4 is 15.9 Å². The minimum atomic E-state index is -0.281. The van der Waals surface area contributed by atoms with E-state index in [1.807, 2.05) is 24.3 Å². The lowest BCUT2D eigenvalue weighted by Gasteiger charge is -2.05. The third kappa shape index (κ3) is 5.27. The summed E-state index contributed by atoms with van der Waals surface area (Å²) in [7, 11) is 0. The van der Waals surface area contributed by atoms with Gasteiger partial charge in [0.25, 0.3) is 5.91 Å². The van der Waals surface area contributed by atoms with E-state index in [9.17, 15) is 4.79 Å². The molecule has 7 heteroatoms. The molecule has 0 saturated carbocycles. The molecule has 0 unspecified atom stereocenters. The van der Waals surface area contributed by atoms with Crippen LogP contribution in [0, 0.1) is 0 Å². The standard InChI is InChI=1S/C20H22N4O2S/c1-2-3-4-11-26-16-8-5-14(6-9-16)13-22-24-19(25)15-7-10-17-18(12-15)27-20(21)23-17/h5-10,12-13H,2-4,11H2,1H3,(H2,21,23)(H,24,25)/b22-13-. The number of amides is 1. The third-order valence-electron chi connectivity index (χ3n) is 3.94. The number of benzene rings is 2. The van der Waals surface area contributed by atoms with E-state index >= 15 is 0 Å². The molecule has 1 amide bonds. The normalized spacial score (nSPS) is 11.1. The molecule has 0 aliphatic rings. The maximum absolute atomic E-state index is 12.2. The van der Waals surface area contributed by atoms with Gasteiger partial charge in [-0.2, -0.15) is 5.10 Å². The van der Waals surface area contributed by atoms with E-state index in [2.05, 4.69) is 22.4 Å². The van der Waals surface area contributed by atoms with Gasteiger partial charge in [-0.05, 0) is 54.4 Å². The first-order valence-corrected chi connectivity index (χ1v) is 9.69. The van der Waals surface area contributed by atoms with Gasteiger partial charge in [-0.1, -0.05) is 31.1 Å². The van der Waals surface area contributed by atoms with Crippen molar-refractivity contribution in [2.24, 2.45) is 5.10 Å². The van der Waals surface area contributed by atoms with Gasteiger partial charge in [0, 0.05) is 5.56 Å². The second-order valence-electron chi connectivity index (χ2n) is 6.06. The lowest BCUT2D eigenvalue weighted by Crippen LogP contribution is -2.17. The van der Waals surface area contributed by atoms with Crippen molar-refractivity contribution in [1.82, 2.24) is 10.4 Å². The van der Waals surface area contributed by atoms with Crippen molar-refractivity contribution in [1.29, 1.82) is 0 Å². The Kier molecular flexibility index (Phi) is 6.38. The maximum atomic E-state index is 12.2. The van der Waals surface area contributed by atoms with Gasteiger partial charge in [0.15, 0.2) is 5.13 Å². The van der Waals surface area contributed by atoms with Crippen LogP contribution >= 0.6 is 11.3 Å². The highest BCUT2D eigenvalue weighted by molar-refractivity contribution is 7.22. The highest BCUT2D eigenvalue weighted by Gasteiger charge is 2.08. The van der Waals surface area contributed by atoms with E-state index in [4.69, 9.17) is 10.5 Å². The van der Waals surface area contributed by atoms with Crippen LogP contribution in [0.5, 0.6) is 5.75 Å². The average Bonchev–Trinajstić information content (AvgIpc) is 3.05. The Balaban J connectivity index is 1.53. The molecule has 3 aromatic rings. The zero-order valence-corrected chi connectivity index (χ0v) is 16.0. The molecule has 0 aliphatic heterocycles. The Labute approximate surface area is 162 Å². The van der Waals surface area contributed by atoms with Gasteiger partial charge in [0.05, 0.1) is 23.0 Å². The Morgan fingerprint density at radius 2 is 2.07 bits per heavy atom. The van der Waals surface area contributed by atoms with Crippen LogP contribution in [0.25, 0.3) is 10.2 Å². The van der Waals surface area contributed by atoms with Crippen molar-refractivity contribution in [3.05, 3.63) is 53.6 Å². The number of hydrazone groups is 1. The number of nitrogen functional groups attached to an aromatic ring is 1. The van der Waals surface area contributed by atoms with Crippen molar-refractivity contribution >= 4 is 38.8 Å². The molecule has 2 aromatic carbocycles. The molecule has 0 fully saturated rings. The first kappa shape index (κ1) is 18.8. The number of carbonyl (C=O) groups excluding carboxylic acids is 1. The van der Waals surface area contributed by atoms with Crippen molar-refractivity contribution < 1.29 is 9.53 Å². The molecule has 0 radical (unpaired) electrons. The SMILES string of the molecule is CCCCCOc1ccc(/C=N\NC(=O)c2ccc3nc(N)sc3c2)cc1. The Hall–Kier alpha value is -2.93. The molecule has 1 heterocycles. The molecule has 0 aliphatic carbocycles. The summed E-state index contributed by atoms with van der Waals surface area (Å²) in [5.41, 5.74) is 10.4. The monoisotopic (exact) mass is 382 g/mol. The number of anilines is 1. The van der Waals surface area contributed by atoms with Gasteiger partial charge in [-0.25, -0.2) is 10.4 Å². The van der Waals surface area contributed by atoms with E-state index in [-0.39, 0.29) is 5.91 Å². The minimum Gasteiger partial charge on any atom is -0.494 e. The molecule has 1 aromatic heterocycles. The van der Waals surface area contributed by atoms with E-state index in [0.29, 0.717) is 10.7 Å². The topological polar surface area (TPSA) is 89.6 Å². The lowest BCUT2D eigenvalue weighted by atomic mass is 10.2. The van der Waals surface area contributed by atoms with Crippen LogP contribution in [0.3, 0.4) is 0 Å². The largest absolute Gasteiger partial charge is 0.494 e. The summed E-state index contributed by atoms with van der Waals surface area (Å²) < 4.78 is 6.55. The van der Waals surface area contributed by atoms with E-state index in [0.717, 1.165) is 34.6 Å². The van der Waals surface area contributed by atoms with Gasteiger partial charge >= 0.3 is 0 Å². The van der Waals surface area contributed by atoms with Crippen molar-refractivity contribution in [2.45, 2.75) is 26.2 Å². The van der Waals surface area contributed by atoms with Crippen LogP contribution in [0.4, 0.5) is 5.13 Å². The van der Waals surface area contributed by atoms with Crippen LogP contribution in [0.1, 0.15) is 42.1 Å². The summed E-state index contributed by atoms with van der Waals surface area (Å²) in [5, 5.41) is 4.50. The highest BCUT2D eigenvalue weighted by atomic mass is 32.1. The number of unbranched alkanes of at least 4 members (excludes halogenated alkanes) is 2. The second kappa shape index (κ2) is 9.14. The molecule has 140 valence electrons. The quantitative estimate of drug-likeness (QED) is 0.347. The maximum Gasteiger partial charge on any atom is 0.271 e. The van der Waals surface area contributed by atoms with Crippen LogP contribution in [0.2, 0.25) is 0 Å². The first-order chi connectivity index (χ1) is 13.2. The van der Waals surface area contributed by atoms with Crippen molar-refractivity contribution in [3.63, 3.8) is 0 Å². The minimum absolute atomic E-state index is 0.281. The number of nitrogens with zero attached hydrogens (tertiary/aromatic N) is 2. The van der Waals surface area contributed by atoms with Gasteiger partial charge < -0.3 is 10.5 Å². The molecule has 0 spiro atoms. The first-order valence-electron chi connectivity index (χ1n) is 8.88. The zero-order chi connectivity index (χ0) is 19.1. The molecular formula is C20H22N4O2S. The molecule has 27 heavy (non-hydrogen) atoms. The summed E-state index contributed by atoms with van der Waals surface area (Å²) in [6.07, 6.45) is 5.01. The number of hydrogen-bond donors (Lipinski definition) is 2. The Morgan fingerprint density at radius 1 is 1.26 bits per heavy atom. The summed E-state index contributed by atoms with van der Waals surface area (Å²) in [4.78, 5) is 16.4. The molecule has 0 bridgehead atoms. The number of nitrogens with two attached hydrogens (primary N) is 1. The number of ether oxygens (including phenoxy) is 1. The van der Waals surface area contributed by atoms with E-state index in [1.165, 1.54) is 24.2 Å². The molecule has 3 rings (SSSR count). The number of hydrogen-bond acceptors (Lipinski definition) is 6. The number of nitrogens with one attached hydrogen (secondary N) is 1. The fourth-order valence-electron chi connectivity index (χ4n) is 2.51. The lowest BCUT2D eigenvalue weighted by molar-refractivity contribution is 0.0955. The number of rotatable bonds is 8. The molecular weight excluding hydrogens is 360 g/mol. The summed E-state index contributed by atoms with van der Waals surface area (Å²) in [6, 6.07) is 12.8. The molecule has 0 atom stereocenters. The molecule has 6 nitrogen and oxygen atoms in total. The van der Waals surface area contributed by atoms with Gasteiger partial charge in [-0.3, -0.25) is 4.79 Å². The fraction of sp³-hybridized carbons (Fsp3) is 0.250. The number of aromatic nitrogens is 1. The van der Waals surface area contributed by atoms with Gasteiger partial charge in [0.2, 0.25) is 0 Å². The van der Waals surface area contributed by atoms with Gasteiger partial charge in [-0.15, -0.1) is 0 Å². The predicted octanol–water partition coefficient (Wildman–Crippen LogP) is 4.21. The number of thiazole rings is 1. The van der Waals surface area contributed by atoms with E-state index in [1.54, 1.807) is 24.4 Å². The fourth-order valence-corrected chi connectivity index (χ4v) is 3.28. The zero-order valence-electron chi connectivity index (χ0n) is 15.1. The van der Waals surface area contributed by atoms with Crippen LogP contribution in [-0.4, -0.2) is 23.7 Å². The molecule has 0 saturated heterocycles. The summed E-state index contributed by atoms with van der Waals surface area (Å²) in [6.45, 7) is 2.90. The highest BCUT2D eigenvalue weighted by Crippen LogP contribution is 2.24. The van der Waals surface area contributed by atoms with Crippen LogP contribution in [-0.2, 0) is 0 Å². The third-order valence-corrected chi connectivity index (χ3v) is 4.79. The summed E-state index contributed by atoms with van der Waals surface area (Å²) >= 11 is 1.35. The van der Waals surface area contributed by atoms with Crippen molar-refractivity contribution in [2.75, 3.05) is 12.3 Å². The van der Waals surface area contributed by atoms with Crippen LogP contribution in [0.15, 0.2) is 47.6 Å². The summed E-state index contributed by atoms with van der Waals surface area (Å²) in [5.74, 6) is 0.556. The average molecular weight is 382 g/mol. The Bertz CT molecular complexity index is 935. The second-order valence-corrected chi connectivity index (χ2v) is 7.12. The number of carbonyl (C=O) groups is 1. The molecule has 3 N–H and O–H groups in total. The Morgan fingerprint density at radius 3 is 2.85 bits per heavy atom. The van der Waals surface area contributed by atoms with Crippen molar-refractivity contribution in [3.8, 4) is 5.75 Å².